The van der Waals surface area contributed by atoms with Gasteiger partial charge in [0.15, 0.2) is 0 Å². The summed E-state index contributed by atoms with van der Waals surface area (Å²) >= 11 is 0. The average Bonchev–Trinajstić information content (AvgIpc) is 3.13. The summed E-state index contributed by atoms with van der Waals surface area (Å²) in [5, 5.41) is 7.51. The van der Waals surface area contributed by atoms with Gasteiger partial charge in [0.05, 0.1) is 30.6 Å². The number of aryl methyl sites for hydroxylation is 1. The lowest BCUT2D eigenvalue weighted by molar-refractivity contribution is -0.122. The van der Waals surface area contributed by atoms with Crippen molar-refractivity contribution in [3.63, 3.8) is 0 Å². The molecule has 1 fully saturated rings. The molecule has 0 spiro atoms. The van der Waals surface area contributed by atoms with E-state index in [1.807, 2.05) is 60.7 Å². The van der Waals surface area contributed by atoms with Crippen LogP contribution in [0, 0.1) is 13.8 Å². The Labute approximate surface area is 200 Å². The zero-order chi connectivity index (χ0) is 24.1. The van der Waals surface area contributed by atoms with Crippen molar-refractivity contribution in [2.45, 2.75) is 37.8 Å². The van der Waals surface area contributed by atoms with Gasteiger partial charge >= 0.3 is 0 Å². The highest BCUT2D eigenvalue weighted by atomic mass is 32.2. The van der Waals surface area contributed by atoms with Crippen LogP contribution in [0.25, 0.3) is 0 Å². The molecular formula is C25H30N4O4S. The number of carbonyl (C=O) groups excluding carboxylic acids is 1. The molecule has 8 nitrogen and oxygen atoms in total. The summed E-state index contributed by atoms with van der Waals surface area (Å²) in [5.41, 5.74) is 2.96. The first-order valence-electron chi connectivity index (χ1n) is 11.4. The van der Waals surface area contributed by atoms with Crippen molar-refractivity contribution in [2.24, 2.45) is 0 Å². The normalized spacial score (nSPS) is 15.7. The van der Waals surface area contributed by atoms with Crippen LogP contribution in [0.3, 0.4) is 0 Å². The van der Waals surface area contributed by atoms with Crippen LogP contribution in [0.1, 0.15) is 28.6 Å². The number of sulfonamides is 1. The van der Waals surface area contributed by atoms with E-state index in [1.165, 1.54) is 8.99 Å². The number of nitrogens with one attached hydrogen (secondary N) is 1. The summed E-state index contributed by atoms with van der Waals surface area (Å²) in [7, 11) is -3.71. The number of ether oxygens (including phenoxy) is 1. The number of hydrogen-bond donors (Lipinski definition) is 1. The lowest BCUT2D eigenvalue weighted by atomic mass is 9.99. The molecule has 2 heterocycles. The molecule has 1 atom stereocenters. The van der Waals surface area contributed by atoms with Gasteiger partial charge in [-0.15, -0.1) is 0 Å². The molecule has 0 aliphatic carbocycles. The third kappa shape index (κ3) is 5.38. The fourth-order valence-corrected chi connectivity index (χ4v) is 6.07. The summed E-state index contributed by atoms with van der Waals surface area (Å²) in [6, 6.07) is 19.6. The Balaban J connectivity index is 1.53. The SMILES string of the molecule is Cc1nn(CC(=O)NC(Cc2ccccc2)c2ccccc2)c(C)c1S(=O)(=O)N1CCOCC1. The number of nitrogens with zero attached hydrogens (tertiary/aromatic N) is 3. The zero-order valence-corrected chi connectivity index (χ0v) is 20.3. The Morgan fingerprint density at radius 3 is 2.29 bits per heavy atom. The van der Waals surface area contributed by atoms with Crippen LogP contribution in [0.4, 0.5) is 0 Å². The first-order valence-corrected chi connectivity index (χ1v) is 12.8. The minimum absolute atomic E-state index is 0.0660. The van der Waals surface area contributed by atoms with Gasteiger partial charge in [0.25, 0.3) is 0 Å². The smallest absolute Gasteiger partial charge is 0.246 e. The second-order valence-corrected chi connectivity index (χ2v) is 10.3. The van der Waals surface area contributed by atoms with Crippen molar-refractivity contribution in [3.05, 3.63) is 83.2 Å². The molecule has 1 amide bonds. The van der Waals surface area contributed by atoms with Crippen molar-refractivity contribution in [3.8, 4) is 0 Å². The van der Waals surface area contributed by atoms with E-state index in [0.717, 1.165) is 11.1 Å². The molecule has 0 bridgehead atoms. The van der Waals surface area contributed by atoms with E-state index in [1.54, 1.807) is 13.8 Å². The molecule has 1 N–H and O–H groups in total. The Morgan fingerprint density at radius 2 is 1.65 bits per heavy atom. The van der Waals surface area contributed by atoms with Crippen LogP contribution >= 0.6 is 0 Å². The molecular weight excluding hydrogens is 452 g/mol. The summed E-state index contributed by atoms with van der Waals surface area (Å²) in [5.74, 6) is -0.231. The number of aromatic nitrogens is 2. The lowest BCUT2D eigenvalue weighted by Gasteiger charge is -2.26. The number of rotatable bonds is 8. The van der Waals surface area contributed by atoms with Crippen molar-refractivity contribution in [1.29, 1.82) is 0 Å². The van der Waals surface area contributed by atoms with E-state index in [9.17, 15) is 13.2 Å². The number of carbonyl (C=O) groups is 1. The standard InChI is InChI=1S/C25H30N4O4S/c1-19-25(34(31,32)28-13-15-33-16-14-28)20(2)29(27-19)18-24(30)26-23(22-11-7-4-8-12-22)17-21-9-5-3-6-10-21/h3-12,23H,13-18H2,1-2H3,(H,26,30). The molecule has 1 aliphatic rings. The van der Waals surface area contributed by atoms with Crippen LogP contribution in [0.5, 0.6) is 0 Å². The van der Waals surface area contributed by atoms with Crippen molar-refractivity contribution in [2.75, 3.05) is 26.3 Å². The van der Waals surface area contributed by atoms with Crippen molar-refractivity contribution >= 4 is 15.9 Å². The minimum atomic E-state index is -3.71. The van der Waals surface area contributed by atoms with Crippen LogP contribution in [0.2, 0.25) is 0 Å². The molecule has 1 saturated heterocycles. The van der Waals surface area contributed by atoms with Crippen LogP contribution < -0.4 is 5.32 Å². The monoisotopic (exact) mass is 482 g/mol. The minimum Gasteiger partial charge on any atom is -0.379 e. The molecule has 1 unspecified atom stereocenters. The van der Waals surface area contributed by atoms with E-state index in [2.05, 4.69) is 10.4 Å². The van der Waals surface area contributed by atoms with E-state index < -0.39 is 10.0 Å². The highest BCUT2D eigenvalue weighted by Gasteiger charge is 2.32. The zero-order valence-electron chi connectivity index (χ0n) is 19.5. The van der Waals surface area contributed by atoms with Crippen LogP contribution in [0.15, 0.2) is 65.6 Å². The largest absolute Gasteiger partial charge is 0.379 e. The Bertz CT molecular complexity index is 1220. The van der Waals surface area contributed by atoms with E-state index in [-0.39, 0.29) is 23.4 Å². The number of benzene rings is 2. The summed E-state index contributed by atoms with van der Waals surface area (Å²) in [6.07, 6.45) is 0.643. The average molecular weight is 483 g/mol. The highest BCUT2D eigenvalue weighted by Crippen LogP contribution is 2.24. The first-order chi connectivity index (χ1) is 16.4. The van der Waals surface area contributed by atoms with Gasteiger partial charge in [-0.2, -0.15) is 9.40 Å². The van der Waals surface area contributed by atoms with Gasteiger partial charge in [0.2, 0.25) is 15.9 Å². The molecule has 34 heavy (non-hydrogen) atoms. The maximum atomic E-state index is 13.2. The Kier molecular flexibility index (Phi) is 7.45. The van der Waals surface area contributed by atoms with Gasteiger partial charge in [0, 0.05) is 13.1 Å². The maximum Gasteiger partial charge on any atom is 0.246 e. The van der Waals surface area contributed by atoms with Crippen molar-refractivity contribution < 1.29 is 17.9 Å². The molecule has 2 aromatic carbocycles. The molecule has 9 heteroatoms. The number of hydrogen-bond acceptors (Lipinski definition) is 5. The predicted octanol–water partition coefficient (Wildman–Crippen LogP) is 2.62. The second kappa shape index (κ2) is 10.5. The molecule has 0 saturated carbocycles. The molecule has 3 aromatic rings. The van der Waals surface area contributed by atoms with E-state index in [4.69, 9.17) is 4.74 Å². The van der Waals surface area contributed by atoms with E-state index in [0.29, 0.717) is 44.1 Å². The molecule has 4 rings (SSSR count). The second-order valence-electron chi connectivity index (χ2n) is 8.39. The van der Waals surface area contributed by atoms with Gasteiger partial charge in [0.1, 0.15) is 11.4 Å². The quantitative estimate of drug-likeness (QED) is 0.533. The fraction of sp³-hybridized carbons (Fsp3) is 0.360. The summed E-state index contributed by atoms with van der Waals surface area (Å²) in [4.78, 5) is 13.2. The number of amides is 1. The van der Waals surface area contributed by atoms with Crippen molar-refractivity contribution in [1.82, 2.24) is 19.4 Å². The predicted molar refractivity (Wildman–Crippen MR) is 129 cm³/mol. The van der Waals surface area contributed by atoms with Gasteiger partial charge < -0.3 is 10.1 Å². The lowest BCUT2D eigenvalue weighted by Crippen LogP contribution is -2.41. The topological polar surface area (TPSA) is 93.5 Å². The van der Waals surface area contributed by atoms with Gasteiger partial charge in [-0.3, -0.25) is 9.48 Å². The first kappa shape index (κ1) is 24.1. The Morgan fingerprint density at radius 1 is 1.03 bits per heavy atom. The molecule has 1 aliphatic heterocycles. The number of morpholine rings is 1. The molecule has 180 valence electrons. The maximum absolute atomic E-state index is 13.2. The van der Waals surface area contributed by atoms with Crippen LogP contribution in [-0.4, -0.2) is 54.7 Å². The van der Waals surface area contributed by atoms with Gasteiger partial charge in [-0.05, 0) is 31.4 Å². The molecule has 0 radical (unpaired) electrons. The summed E-state index contributed by atoms with van der Waals surface area (Å²) in [6.45, 7) is 4.65. The highest BCUT2D eigenvalue weighted by molar-refractivity contribution is 7.89. The van der Waals surface area contributed by atoms with Crippen LogP contribution in [-0.2, 0) is 32.5 Å². The third-order valence-electron chi connectivity index (χ3n) is 6.00. The van der Waals surface area contributed by atoms with Gasteiger partial charge in [-0.1, -0.05) is 60.7 Å². The molecule has 1 aromatic heterocycles. The van der Waals surface area contributed by atoms with Gasteiger partial charge in [-0.25, -0.2) is 8.42 Å². The third-order valence-corrected chi connectivity index (χ3v) is 8.15. The van der Waals surface area contributed by atoms with E-state index >= 15 is 0 Å². The Hall–Kier alpha value is -3.01. The summed E-state index contributed by atoms with van der Waals surface area (Å²) < 4.78 is 34.6. The fourth-order valence-electron chi connectivity index (χ4n) is 4.29.